The van der Waals surface area contributed by atoms with Crippen LogP contribution < -0.4 is 10.3 Å². The summed E-state index contributed by atoms with van der Waals surface area (Å²) in [6, 6.07) is 8.17. The second kappa shape index (κ2) is 7.59. The first-order chi connectivity index (χ1) is 15.3. The van der Waals surface area contributed by atoms with Crippen molar-refractivity contribution in [3.8, 4) is 0 Å². The number of fused-ring (bicyclic) bond motifs is 2. The summed E-state index contributed by atoms with van der Waals surface area (Å²) in [6.45, 7) is 4.10. The van der Waals surface area contributed by atoms with E-state index >= 15 is 0 Å². The lowest BCUT2D eigenvalue weighted by Crippen LogP contribution is -2.29. The molecule has 0 radical (unpaired) electrons. The fourth-order valence-corrected chi connectivity index (χ4v) is 4.95. The van der Waals surface area contributed by atoms with Crippen LogP contribution in [0.3, 0.4) is 0 Å². The molecule has 6 nitrogen and oxygen atoms in total. The Kier molecular flexibility index (Phi) is 4.85. The zero-order valence-corrected chi connectivity index (χ0v) is 18.0. The lowest BCUT2D eigenvalue weighted by Gasteiger charge is -2.22. The number of carbonyl (C=O) groups is 1. The van der Waals surface area contributed by atoms with E-state index in [1.54, 1.807) is 0 Å². The van der Waals surface area contributed by atoms with Crippen LogP contribution in [-0.2, 0) is 6.42 Å². The Hall–Kier alpha value is -3.46. The lowest BCUT2D eigenvalue weighted by atomic mass is 9.98. The smallest absolute Gasteiger partial charge is 0.297 e. The number of aromatic nitrogens is 2. The van der Waals surface area contributed by atoms with Gasteiger partial charge in [0.15, 0.2) is 5.43 Å². The summed E-state index contributed by atoms with van der Waals surface area (Å²) in [6.07, 6.45) is 0.689. The maximum Gasteiger partial charge on any atom is 0.297 e. The lowest BCUT2D eigenvalue weighted by molar-refractivity contribution is 0.0970. The Morgan fingerprint density at radius 3 is 2.50 bits per heavy atom. The number of benzene rings is 2. The largest absolute Gasteiger partial charge is 0.450 e. The van der Waals surface area contributed by atoms with Gasteiger partial charge < -0.3 is 4.42 Å². The maximum atomic E-state index is 13.8. The predicted octanol–water partition coefficient (Wildman–Crippen LogP) is 4.87. The standard InChI is InChI=1S/C23H17F2N3O3S/c1-11(2)9-17-26-27-23(32-17)28-19(12-3-5-13(24)6-4-12)18-20(29)15-10-14(25)7-8-16(15)31-21(18)22(28)30/h3-8,10-11,19H,9H2,1-2H3/t19-/m1/s1. The molecule has 0 spiro atoms. The van der Waals surface area contributed by atoms with E-state index in [0.717, 1.165) is 17.1 Å². The number of hydrogen-bond donors (Lipinski definition) is 0. The maximum absolute atomic E-state index is 13.8. The van der Waals surface area contributed by atoms with Gasteiger partial charge in [-0.3, -0.25) is 14.5 Å². The molecule has 1 atom stereocenters. The van der Waals surface area contributed by atoms with E-state index in [2.05, 4.69) is 10.2 Å². The summed E-state index contributed by atoms with van der Waals surface area (Å²) < 4.78 is 33.2. The third kappa shape index (κ3) is 3.29. The normalized spacial score (nSPS) is 15.7. The molecule has 4 aromatic rings. The molecule has 2 aromatic carbocycles. The zero-order chi connectivity index (χ0) is 22.6. The van der Waals surface area contributed by atoms with E-state index in [1.165, 1.54) is 46.6 Å². The van der Waals surface area contributed by atoms with Crippen LogP contribution in [0.4, 0.5) is 13.9 Å². The number of anilines is 1. The van der Waals surface area contributed by atoms with Crippen LogP contribution in [0.5, 0.6) is 0 Å². The third-order valence-electron chi connectivity index (χ3n) is 5.26. The van der Waals surface area contributed by atoms with Crippen molar-refractivity contribution in [2.45, 2.75) is 26.3 Å². The van der Waals surface area contributed by atoms with Crippen LogP contribution in [0, 0.1) is 17.6 Å². The van der Waals surface area contributed by atoms with E-state index in [9.17, 15) is 18.4 Å². The van der Waals surface area contributed by atoms with Gasteiger partial charge in [-0.25, -0.2) is 8.78 Å². The van der Waals surface area contributed by atoms with Gasteiger partial charge in [0.2, 0.25) is 10.9 Å². The van der Waals surface area contributed by atoms with Crippen molar-refractivity contribution < 1.29 is 18.0 Å². The van der Waals surface area contributed by atoms with Gasteiger partial charge in [-0.2, -0.15) is 0 Å². The van der Waals surface area contributed by atoms with E-state index in [4.69, 9.17) is 4.42 Å². The van der Waals surface area contributed by atoms with Crippen LogP contribution in [-0.4, -0.2) is 16.1 Å². The van der Waals surface area contributed by atoms with Gasteiger partial charge in [-0.05, 0) is 41.8 Å². The summed E-state index contributed by atoms with van der Waals surface area (Å²) in [5.74, 6) is -1.38. The minimum absolute atomic E-state index is 0.0308. The predicted molar refractivity (Wildman–Crippen MR) is 116 cm³/mol. The first kappa shape index (κ1) is 20.4. The number of amides is 1. The molecule has 0 fully saturated rings. The van der Waals surface area contributed by atoms with Gasteiger partial charge in [0, 0.05) is 6.42 Å². The highest BCUT2D eigenvalue weighted by atomic mass is 32.1. The molecule has 0 N–H and O–H groups in total. The molecule has 32 heavy (non-hydrogen) atoms. The average molecular weight is 453 g/mol. The van der Waals surface area contributed by atoms with Crippen LogP contribution in [0.1, 0.15) is 46.6 Å². The zero-order valence-electron chi connectivity index (χ0n) is 17.1. The molecule has 162 valence electrons. The molecular weight excluding hydrogens is 436 g/mol. The molecule has 0 aliphatic carbocycles. The molecule has 9 heteroatoms. The van der Waals surface area contributed by atoms with Crippen molar-refractivity contribution in [2.75, 3.05) is 4.90 Å². The van der Waals surface area contributed by atoms with Gasteiger partial charge in [-0.1, -0.05) is 37.3 Å². The number of hydrogen-bond acceptors (Lipinski definition) is 6. The molecule has 0 saturated carbocycles. The molecule has 1 aliphatic rings. The molecular formula is C23H17F2N3O3S. The minimum atomic E-state index is -0.901. The molecule has 2 aromatic heterocycles. The molecule has 0 bridgehead atoms. The molecule has 1 aliphatic heterocycles. The second-order valence-corrected chi connectivity index (χ2v) is 9.06. The quantitative estimate of drug-likeness (QED) is 0.441. The molecule has 5 rings (SSSR count). The molecule has 3 heterocycles. The number of halogens is 2. The SMILES string of the molecule is CC(C)Cc1nnc(N2C(=O)c3oc4ccc(F)cc4c(=O)c3[C@H]2c2ccc(F)cc2)s1. The van der Waals surface area contributed by atoms with Crippen molar-refractivity contribution >= 4 is 33.3 Å². The first-order valence-corrected chi connectivity index (χ1v) is 10.8. The minimum Gasteiger partial charge on any atom is -0.450 e. The van der Waals surface area contributed by atoms with Crippen LogP contribution in [0.15, 0.2) is 51.7 Å². The summed E-state index contributed by atoms with van der Waals surface area (Å²) in [7, 11) is 0. The van der Waals surface area contributed by atoms with Crippen molar-refractivity contribution in [1.82, 2.24) is 10.2 Å². The summed E-state index contributed by atoms with van der Waals surface area (Å²) >= 11 is 1.25. The van der Waals surface area contributed by atoms with Crippen molar-refractivity contribution in [1.29, 1.82) is 0 Å². The van der Waals surface area contributed by atoms with Gasteiger partial charge in [0.25, 0.3) is 5.91 Å². The molecule has 1 amide bonds. The van der Waals surface area contributed by atoms with E-state index < -0.39 is 29.0 Å². The fourth-order valence-electron chi connectivity index (χ4n) is 3.88. The van der Waals surface area contributed by atoms with Crippen LogP contribution in [0.25, 0.3) is 11.0 Å². The monoisotopic (exact) mass is 453 g/mol. The van der Waals surface area contributed by atoms with E-state index in [0.29, 0.717) is 23.0 Å². The summed E-state index contributed by atoms with van der Waals surface area (Å²) in [5.41, 5.74) is 0.168. The fraction of sp³-hybridized carbons (Fsp3) is 0.217. The van der Waals surface area contributed by atoms with Crippen LogP contribution >= 0.6 is 11.3 Å². The third-order valence-corrected chi connectivity index (χ3v) is 6.21. The summed E-state index contributed by atoms with van der Waals surface area (Å²) in [4.78, 5) is 28.2. The number of nitrogens with zero attached hydrogens (tertiary/aromatic N) is 3. The average Bonchev–Trinajstić information content (AvgIpc) is 3.31. The highest BCUT2D eigenvalue weighted by Crippen LogP contribution is 2.42. The first-order valence-electron chi connectivity index (χ1n) is 10.0. The van der Waals surface area contributed by atoms with Gasteiger partial charge in [0.05, 0.1) is 17.0 Å². The summed E-state index contributed by atoms with van der Waals surface area (Å²) in [5, 5.41) is 9.46. The Labute approximate surface area is 185 Å². The van der Waals surface area contributed by atoms with Crippen molar-refractivity contribution in [3.63, 3.8) is 0 Å². The second-order valence-electron chi connectivity index (χ2n) is 8.02. The highest BCUT2D eigenvalue weighted by Gasteiger charge is 2.45. The molecule has 0 unspecified atom stereocenters. The van der Waals surface area contributed by atoms with E-state index in [1.807, 2.05) is 13.8 Å². The number of rotatable bonds is 4. The molecule has 0 saturated heterocycles. The van der Waals surface area contributed by atoms with Gasteiger partial charge in [-0.15, -0.1) is 10.2 Å². The Morgan fingerprint density at radius 1 is 1.06 bits per heavy atom. The Bertz CT molecular complexity index is 1410. The van der Waals surface area contributed by atoms with Gasteiger partial charge >= 0.3 is 0 Å². The van der Waals surface area contributed by atoms with Crippen LogP contribution in [0.2, 0.25) is 0 Å². The van der Waals surface area contributed by atoms with Gasteiger partial charge in [0.1, 0.15) is 22.2 Å². The number of carbonyl (C=O) groups excluding carboxylic acids is 1. The Morgan fingerprint density at radius 2 is 1.78 bits per heavy atom. The van der Waals surface area contributed by atoms with Crippen molar-refractivity contribution in [3.05, 3.63) is 86.2 Å². The highest BCUT2D eigenvalue weighted by molar-refractivity contribution is 7.15. The topological polar surface area (TPSA) is 76.3 Å². The Balaban J connectivity index is 1.74. The van der Waals surface area contributed by atoms with Crippen molar-refractivity contribution in [2.24, 2.45) is 5.92 Å². The van der Waals surface area contributed by atoms with E-state index in [-0.39, 0.29) is 22.3 Å².